The van der Waals surface area contributed by atoms with Gasteiger partial charge in [-0.15, -0.1) is 0 Å². The molecule has 0 N–H and O–H groups in total. The predicted octanol–water partition coefficient (Wildman–Crippen LogP) is 4.74. The number of ether oxygens (including phenoxy) is 1. The maximum absolute atomic E-state index is 13.0. The monoisotopic (exact) mass is 421 g/mol. The zero-order chi connectivity index (χ0) is 20.3. The smallest absolute Gasteiger partial charge is 0.345 e. The van der Waals surface area contributed by atoms with Crippen molar-refractivity contribution in [3.8, 4) is 5.75 Å². The van der Waals surface area contributed by atoms with Gasteiger partial charge in [0.05, 0.1) is 15.5 Å². The number of halogens is 1. The Labute approximate surface area is 171 Å². The molecular weight excluding hydrogens is 398 g/mol. The van der Waals surface area contributed by atoms with Crippen molar-refractivity contribution in [2.24, 2.45) is 0 Å². The molecule has 2 aromatic carbocycles. The molecule has 28 heavy (non-hydrogen) atoms. The van der Waals surface area contributed by atoms with E-state index in [1.165, 1.54) is 22.5 Å². The van der Waals surface area contributed by atoms with Crippen LogP contribution in [0.25, 0.3) is 0 Å². The van der Waals surface area contributed by atoms with Gasteiger partial charge in [0.15, 0.2) is 0 Å². The average molecular weight is 422 g/mol. The summed E-state index contributed by atoms with van der Waals surface area (Å²) in [5.41, 5.74) is 2.12. The van der Waals surface area contributed by atoms with Crippen molar-refractivity contribution in [1.29, 1.82) is 0 Å². The number of hydrogen-bond donors (Lipinski definition) is 0. The second-order valence-corrected chi connectivity index (χ2v) is 9.44. The van der Waals surface area contributed by atoms with Gasteiger partial charge >= 0.3 is 5.97 Å². The largest absolute Gasteiger partial charge is 0.423 e. The molecule has 0 bridgehead atoms. The Hall–Kier alpha value is -1.89. The molecular formula is C21H24ClNO4S. The summed E-state index contributed by atoms with van der Waals surface area (Å²) < 4.78 is 32.9. The van der Waals surface area contributed by atoms with Gasteiger partial charge in [0.25, 0.3) is 0 Å². The quantitative estimate of drug-likeness (QED) is 0.528. The molecule has 1 heterocycles. The summed E-state index contributed by atoms with van der Waals surface area (Å²) in [6.45, 7) is 4.88. The molecule has 1 aliphatic rings. The minimum absolute atomic E-state index is 0.0378. The van der Waals surface area contributed by atoms with E-state index in [0.29, 0.717) is 18.8 Å². The van der Waals surface area contributed by atoms with Gasteiger partial charge in [0, 0.05) is 13.1 Å². The Bertz CT molecular complexity index is 980. The maximum Gasteiger partial charge on any atom is 0.345 e. The summed E-state index contributed by atoms with van der Waals surface area (Å²) in [6.07, 6.45) is 3.74. The molecule has 1 fully saturated rings. The van der Waals surface area contributed by atoms with E-state index in [0.717, 1.165) is 36.8 Å². The standard InChI is InChI=1S/C21H24ClNO4S/c1-15-7-8-17(13-16(15)2)27-21(24)19-14-18(9-10-20(19)22)28(25,26)23-11-5-3-4-6-12-23/h7-10,13-14H,3-6,11-12H2,1-2H3. The Morgan fingerprint density at radius 3 is 2.29 bits per heavy atom. The normalized spacial score (nSPS) is 15.8. The van der Waals surface area contributed by atoms with Crippen LogP contribution in [-0.4, -0.2) is 31.8 Å². The molecule has 0 unspecified atom stereocenters. The van der Waals surface area contributed by atoms with Gasteiger partial charge in [-0.2, -0.15) is 4.31 Å². The van der Waals surface area contributed by atoms with Gasteiger partial charge in [-0.3, -0.25) is 0 Å². The Kier molecular flexibility index (Phi) is 6.43. The highest BCUT2D eigenvalue weighted by Gasteiger charge is 2.27. The zero-order valence-corrected chi connectivity index (χ0v) is 17.6. The first-order chi connectivity index (χ1) is 13.3. The SMILES string of the molecule is Cc1ccc(OC(=O)c2cc(S(=O)(=O)N3CCCCCC3)ccc2Cl)cc1C. The number of rotatable bonds is 4. The number of carbonyl (C=O) groups excluding carboxylic acids is 1. The summed E-state index contributed by atoms with van der Waals surface area (Å²) in [4.78, 5) is 12.7. The van der Waals surface area contributed by atoms with Crippen LogP contribution in [-0.2, 0) is 10.0 Å². The second-order valence-electron chi connectivity index (χ2n) is 7.10. The van der Waals surface area contributed by atoms with E-state index < -0.39 is 16.0 Å². The lowest BCUT2D eigenvalue weighted by molar-refractivity contribution is 0.0734. The molecule has 3 rings (SSSR count). The number of sulfonamides is 1. The van der Waals surface area contributed by atoms with Crippen LogP contribution in [0.5, 0.6) is 5.75 Å². The predicted molar refractivity (Wildman–Crippen MR) is 110 cm³/mol. The lowest BCUT2D eigenvalue weighted by atomic mass is 10.1. The van der Waals surface area contributed by atoms with E-state index in [-0.39, 0.29) is 15.5 Å². The molecule has 0 aliphatic carbocycles. The fourth-order valence-corrected chi connectivity index (χ4v) is 4.93. The summed E-state index contributed by atoms with van der Waals surface area (Å²) in [5.74, 6) is -0.286. The first kappa shape index (κ1) is 20.8. The first-order valence-electron chi connectivity index (χ1n) is 9.38. The van der Waals surface area contributed by atoms with Crippen LogP contribution in [0.3, 0.4) is 0 Å². The number of aryl methyl sites for hydroxylation is 2. The molecule has 0 amide bonds. The van der Waals surface area contributed by atoms with E-state index in [4.69, 9.17) is 16.3 Å². The van der Waals surface area contributed by atoms with Crippen molar-refractivity contribution in [2.75, 3.05) is 13.1 Å². The average Bonchev–Trinajstić information content (AvgIpc) is 2.95. The summed E-state index contributed by atoms with van der Waals surface area (Å²) in [6, 6.07) is 9.51. The maximum atomic E-state index is 13.0. The van der Waals surface area contributed by atoms with Crippen molar-refractivity contribution in [3.63, 3.8) is 0 Å². The molecule has 0 atom stereocenters. The molecule has 5 nitrogen and oxygen atoms in total. The lowest BCUT2D eigenvalue weighted by Crippen LogP contribution is -2.32. The highest BCUT2D eigenvalue weighted by atomic mass is 35.5. The second kappa shape index (κ2) is 8.64. The van der Waals surface area contributed by atoms with Crippen molar-refractivity contribution >= 4 is 27.6 Å². The van der Waals surface area contributed by atoms with Gasteiger partial charge in [-0.1, -0.05) is 30.5 Å². The van der Waals surface area contributed by atoms with Crippen molar-refractivity contribution in [2.45, 2.75) is 44.4 Å². The topological polar surface area (TPSA) is 63.7 Å². The molecule has 7 heteroatoms. The van der Waals surface area contributed by atoms with Crippen molar-refractivity contribution in [3.05, 3.63) is 58.1 Å². The third-order valence-electron chi connectivity index (χ3n) is 5.05. The van der Waals surface area contributed by atoms with Gasteiger partial charge in [0.2, 0.25) is 10.0 Å². The summed E-state index contributed by atoms with van der Waals surface area (Å²) in [7, 11) is -3.68. The van der Waals surface area contributed by atoms with Crippen LogP contribution in [0.15, 0.2) is 41.3 Å². The van der Waals surface area contributed by atoms with E-state index in [2.05, 4.69) is 0 Å². The molecule has 150 valence electrons. The Balaban J connectivity index is 1.88. The fraction of sp³-hybridized carbons (Fsp3) is 0.381. The van der Waals surface area contributed by atoms with Crippen LogP contribution in [0.1, 0.15) is 47.2 Å². The minimum Gasteiger partial charge on any atom is -0.423 e. The van der Waals surface area contributed by atoms with Crippen molar-refractivity contribution < 1.29 is 17.9 Å². The highest BCUT2D eigenvalue weighted by molar-refractivity contribution is 7.89. The van der Waals surface area contributed by atoms with E-state index in [1.807, 2.05) is 19.9 Å². The molecule has 1 saturated heterocycles. The highest BCUT2D eigenvalue weighted by Crippen LogP contribution is 2.26. The molecule has 0 saturated carbocycles. The Morgan fingerprint density at radius 1 is 0.964 bits per heavy atom. The molecule has 2 aromatic rings. The van der Waals surface area contributed by atoms with Crippen LogP contribution >= 0.6 is 11.6 Å². The van der Waals surface area contributed by atoms with E-state index in [9.17, 15) is 13.2 Å². The number of nitrogens with zero attached hydrogens (tertiary/aromatic N) is 1. The molecule has 0 spiro atoms. The van der Waals surface area contributed by atoms with Gasteiger partial charge < -0.3 is 4.74 Å². The third kappa shape index (κ3) is 4.57. The number of benzene rings is 2. The first-order valence-corrected chi connectivity index (χ1v) is 11.2. The van der Waals surface area contributed by atoms with Crippen LogP contribution < -0.4 is 4.74 Å². The van der Waals surface area contributed by atoms with E-state index in [1.54, 1.807) is 12.1 Å². The van der Waals surface area contributed by atoms with Gasteiger partial charge in [-0.25, -0.2) is 13.2 Å². The summed E-state index contributed by atoms with van der Waals surface area (Å²) >= 11 is 6.17. The van der Waals surface area contributed by atoms with Crippen LogP contribution in [0.2, 0.25) is 5.02 Å². The van der Waals surface area contributed by atoms with Gasteiger partial charge in [0.1, 0.15) is 5.75 Å². The van der Waals surface area contributed by atoms with E-state index >= 15 is 0 Å². The lowest BCUT2D eigenvalue weighted by Gasteiger charge is -2.20. The van der Waals surface area contributed by atoms with Crippen molar-refractivity contribution in [1.82, 2.24) is 4.31 Å². The number of hydrogen-bond acceptors (Lipinski definition) is 4. The Morgan fingerprint density at radius 2 is 1.64 bits per heavy atom. The van der Waals surface area contributed by atoms with Crippen LogP contribution in [0.4, 0.5) is 0 Å². The third-order valence-corrected chi connectivity index (χ3v) is 7.27. The minimum atomic E-state index is -3.68. The van der Waals surface area contributed by atoms with Crippen LogP contribution in [0, 0.1) is 13.8 Å². The molecule has 0 radical (unpaired) electrons. The molecule has 1 aliphatic heterocycles. The number of carbonyl (C=O) groups is 1. The number of esters is 1. The zero-order valence-electron chi connectivity index (χ0n) is 16.1. The summed E-state index contributed by atoms with van der Waals surface area (Å²) in [5, 5.41) is 0.156. The van der Waals surface area contributed by atoms with Gasteiger partial charge in [-0.05, 0) is 68.1 Å². The molecule has 0 aromatic heterocycles. The fourth-order valence-electron chi connectivity index (χ4n) is 3.19.